The zero-order chi connectivity index (χ0) is 41.4. The summed E-state index contributed by atoms with van der Waals surface area (Å²) in [6, 6.07) is 73.4. The van der Waals surface area contributed by atoms with Gasteiger partial charge < -0.3 is 13.6 Å². The van der Waals surface area contributed by atoms with Gasteiger partial charge in [-0.15, -0.1) is 0 Å². The first-order chi connectivity index (χ1) is 31.2. The van der Waals surface area contributed by atoms with Crippen LogP contribution in [0.4, 0.5) is 0 Å². The van der Waals surface area contributed by atoms with Crippen molar-refractivity contribution in [1.29, 1.82) is 0 Å². The molecule has 0 saturated heterocycles. The lowest BCUT2D eigenvalue weighted by Gasteiger charge is -2.11. The van der Waals surface area contributed by atoms with Gasteiger partial charge in [0, 0.05) is 79.3 Å². The molecule has 5 nitrogen and oxygen atoms in total. The van der Waals surface area contributed by atoms with Crippen LogP contribution in [-0.2, 0) is 0 Å². The van der Waals surface area contributed by atoms with Crippen LogP contribution in [0.5, 0.6) is 0 Å². The SMILES string of the molecule is c1ccc(-c2ccccc2-c2ccc3c(c2)c2ccccc2n3-c2ccc3c(c2)oc2cc(-n4c5ccccc5c5cc(-c6ccccc6-c6ccccn6)ccc54)ccc23)nc1. The van der Waals surface area contributed by atoms with E-state index in [1.165, 1.54) is 21.5 Å². The number of nitrogens with zero attached hydrogens (tertiary/aromatic N) is 4. The van der Waals surface area contributed by atoms with E-state index in [1.54, 1.807) is 0 Å². The summed E-state index contributed by atoms with van der Waals surface area (Å²) >= 11 is 0. The van der Waals surface area contributed by atoms with Crippen LogP contribution >= 0.6 is 0 Å². The zero-order valence-electron chi connectivity index (χ0n) is 34.0. The summed E-state index contributed by atoms with van der Waals surface area (Å²) in [5.41, 5.74) is 17.2. The molecule has 294 valence electrons. The summed E-state index contributed by atoms with van der Waals surface area (Å²) < 4.78 is 11.5. The quantitative estimate of drug-likeness (QED) is 0.168. The van der Waals surface area contributed by atoms with Gasteiger partial charge in [-0.1, -0.05) is 109 Å². The molecule has 0 N–H and O–H groups in total. The van der Waals surface area contributed by atoms with Crippen LogP contribution in [-0.4, -0.2) is 19.1 Å². The smallest absolute Gasteiger partial charge is 0.137 e. The van der Waals surface area contributed by atoms with Crippen molar-refractivity contribution in [2.75, 3.05) is 0 Å². The minimum Gasteiger partial charge on any atom is -0.456 e. The summed E-state index contributed by atoms with van der Waals surface area (Å²) in [6.45, 7) is 0. The van der Waals surface area contributed by atoms with Crippen molar-refractivity contribution in [2.24, 2.45) is 0 Å². The van der Waals surface area contributed by atoms with Crippen molar-refractivity contribution in [3.8, 4) is 56.1 Å². The molecule has 0 unspecified atom stereocenters. The molecule has 0 aliphatic rings. The van der Waals surface area contributed by atoms with Crippen molar-refractivity contribution < 1.29 is 4.42 Å². The Labute approximate surface area is 362 Å². The molecule has 13 rings (SSSR count). The fourth-order valence-electron chi connectivity index (χ4n) is 9.83. The Morgan fingerprint density at radius 3 is 1.17 bits per heavy atom. The number of rotatable bonds is 6. The molecular weight excluding hydrogens is 769 g/mol. The van der Waals surface area contributed by atoms with Gasteiger partial charge in [0.05, 0.1) is 33.5 Å². The van der Waals surface area contributed by atoms with E-state index in [-0.39, 0.29) is 0 Å². The lowest BCUT2D eigenvalue weighted by atomic mass is 9.96. The molecule has 5 heteroatoms. The fraction of sp³-hybridized carbons (Fsp3) is 0. The molecule has 63 heavy (non-hydrogen) atoms. The molecule has 0 amide bonds. The first-order valence-corrected chi connectivity index (χ1v) is 21.3. The highest BCUT2D eigenvalue weighted by Crippen LogP contribution is 2.41. The highest BCUT2D eigenvalue weighted by Gasteiger charge is 2.19. The molecule has 0 radical (unpaired) electrons. The van der Waals surface area contributed by atoms with Gasteiger partial charge in [-0.2, -0.15) is 0 Å². The van der Waals surface area contributed by atoms with Crippen LogP contribution in [0.3, 0.4) is 0 Å². The molecule has 5 heterocycles. The lowest BCUT2D eigenvalue weighted by molar-refractivity contribution is 0.668. The van der Waals surface area contributed by atoms with Crippen LogP contribution in [0.25, 0.3) is 122 Å². The molecule has 5 aromatic heterocycles. The van der Waals surface area contributed by atoms with E-state index in [2.05, 4.69) is 201 Å². The van der Waals surface area contributed by atoms with Gasteiger partial charge >= 0.3 is 0 Å². The largest absolute Gasteiger partial charge is 0.456 e. The summed E-state index contributed by atoms with van der Waals surface area (Å²) in [7, 11) is 0. The van der Waals surface area contributed by atoms with Crippen molar-refractivity contribution in [3.63, 3.8) is 0 Å². The summed E-state index contributed by atoms with van der Waals surface area (Å²) in [4.78, 5) is 9.36. The third-order valence-electron chi connectivity index (χ3n) is 12.7. The third kappa shape index (κ3) is 5.57. The summed E-state index contributed by atoms with van der Waals surface area (Å²) in [5, 5.41) is 6.98. The first kappa shape index (κ1) is 35.2. The van der Waals surface area contributed by atoms with Crippen LogP contribution in [0.15, 0.2) is 223 Å². The number of hydrogen-bond acceptors (Lipinski definition) is 3. The van der Waals surface area contributed by atoms with E-state index in [0.29, 0.717) is 0 Å². The predicted octanol–water partition coefficient (Wildman–Crippen LogP) is 15.2. The van der Waals surface area contributed by atoms with E-state index in [9.17, 15) is 0 Å². The molecule has 0 spiro atoms. The second-order valence-corrected chi connectivity index (χ2v) is 16.2. The van der Waals surface area contributed by atoms with Crippen LogP contribution in [0, 0.1) is 0 Å². The molecule has 8 aromatic carbocycles. The molecule has 0 aliphatic heterocycles. The minimum absolute atomic E-state index is 0.852. The molecule has 0 aliphatic carbocycles. The third-order valence-corrected chi connectivity index (χ3v) is 12.7. The fourth-order valence-corrected chi connectivity index (χ4v) is 9.83. The normalized spacial score (nSPS) is 11.8. The van der Waals surface area contributed by atoms with Gasteiger partial charge in [0.25, 0.3) is 0 Å². The number of pyridine rings is 2. The van der Waals surface area contributed by atoms with Gasteiger partial charge in [0.15, 0.2) is 0 Å². The van der Waals surface area contributed by atoms with Crippen molar-refractivity contribution in [3.05, 3.63) is 219 Å². The number of aromatic nitrogens is 4. The summed E-state index contributed by atoms with van der Waals surface area (Å²) in [6.07, 6.45) is 3.71. The highest BCUT2D eigenvalue weighted by atomic mass is 16.3. The Balaban J connectivity index is 0.919. The highest BCUT2D eigenvalue weighted by molar-refractivity contribution is 6.13. The topological polar surface area (TPSA) is 48.8 Å². The van der Waals surface area contributed by atoms with Crippen molar-refractivity contribution in [2.45, 2.75) is 0 Å². The van der Waals surface area contributed by atoms with E-state index < -0.39 is 0 Å². The maximum absolute atomic E-state index is 6.80. The van der Waals surface area contributed by atoms with Crippen LogP contribution in [0.1, 0.15) is 0 Å². The lowest BCUT2D eigenvalue weighted by Crippen LogP contribution is -1.93. The molecule has 13 aromatic rings. The Hall–Kier alpha value is -8.54. The second-order valence-electron chi connectivity index (χ2n) is 16.2. The van der Waals surface area contributed by atoms with Crippen LogP contribution in [0.2, 0.25) is 0 Å². The predicted molar refractivity (Wildman–Crippen MR) is 260 cm³/mol. The average molecular weight is 805 g/mol. The number of furan rings is 1. The Kier molecular flexibility index (Phi) is 7.84. The van der Waals surface area contributed by atoms with Crippen molar-refractivity contribution >= 4 is 65.6 Å². The van der Waals surface area contributed by atoms with E-state index in [4.69, 9.17) is 4.42 Å². The molecule has 0 bridgehead atoms. The Morgan fingerprint density at radius 2 is 0.714 bits per heavy atom. The Bertz CT molecular complexity index is 3660. The van der Waals surface area contributed by atoms with Gasteiger partial charge in [-0.05, 0) is 107 Å². The number of hydrogen-bond donors (Lipinski definition) is 0. The van der Waals surface area contributed by atoms with Crippen molar-refractivity contribution in [1.82, 2.24) is 19.1 Å². The summed E-state index contributed by atoms with van der Waals surface area (Å²) in [5.74, 6) is 0. The number of fused-ring (bicyclic) bond motifs is 9. The average Bonchev–Trinajstić information content (AvgIpc) is 4.01. The number of benzene rings is 8. The molecular formula is C58H36N4O. The maximum Gasteiger partial charge on any atom is 0.137 e. The maximum atomic E-state index is 6.80. The minimum atomic E-state index is 0.852. The molecule has 0 saturated carbocycles. The standard InChI is InChI=1S/C58H36N4O/c1-3-15-43(51-19-9-11-31-59-51)41(13-1)37-23-29-55-49(33-37)45-17-5-7-21-53(45)61(55)39-25-27-47-48-28-26-40(36-58(48)63-57(47)35-39)62-54-22-8-6-18-46(54)50-34-38(24-30-56(50)62)42-14-2-4-16-44(42)52-20-10-12-32-60-52/h1-36H. The Morgan fingerprint density at radius 1 is 0.302 bits per heavy atom. The van der Waals surface area contributed by atoms with E-state index in [1.807, 2.05) is 36.7 Å². The van der Waals surface area contributed by atoms with Gasteiger partial charge in [0.1, 0.15) is 11.2 Å². The monoisotopic (exact) mass is 804 g/mol. The van der Waals surface area contributed by atoms with Crippen LogP contribution < -0.4 is 0 Å². The van der Waals surface area contributed by atoms with Gasteiger partial charge in [0.2, 0.25) is 0 Å². The van der Waals surface area contributed by atoms with E-state index >= 15 is 0 Å². The second kappa shape index (κ2) is 14.0. The number of para-hydroxylation sites is 2. The van der Waals surface area contributed by atoms with Gasteiger partial charge in [-0.3, -0.25) is 9.97 Å². The molecule has 0 atom stereocenters. The first-order valence-electron chi connectivity index (χ1n) is 21.3. The van der Waals surface area contributed by atoms with E-state index in [0.717, 1.165) is 100 Å². The molecule has 0 fully saturated rings. The van der Waals surface area contributed by atoms with Gasteiger partial charge in [-0.25, -0.2) is 0 Å². The zero-order valence-corrected chi connectivity index (χ0v) is 34.0.